The summed E-state index contributed by atoms with van der Waals surface area (Å²) in [6.45, 7) is 5.45. The van der Waals surface area contributed by atoms with Gasteiger partial charge in [0.25, 0.3) is 5.91 Å². The van der Waals surface area contributed by atoms with Gasteiger partial charge in [-0.15, -0.1) is 0 Å². The highest BCUT2D eigenvalue weighted by molar-refractivity contribution is 9.10. The van der Waals surface area contributed by atoms with Gasteiger partial charge < -0.3 is 20.7 Å². The molecule has 0 unspecified atom stereocenters. The number of amides is 2. The van der Waals surface area contributed by atoms with E-state index in [1.807, 2.05) is 20.8 Å². The van der Waals surface area contributed by atoms with Gasteiger partial charge in [0, 0.05) is 12.1 Å². The molecule has 2 aliphatic rings. The lowest BCUT2D eigenvalue weighted by molar-refractivity contribution is -0.0179. The number of rotatable bonds is 5. The van der Waals surface area contributed by atoms with Crippen LogP contribution in [0.25, 0.3) is 0 Å². The predicted molar refractivity (Wildman–Crippen MR) is 126 cm³/mol. The smallest absolute Gasteiger partial charge is 0.407 e. The van der Waals surface area contributed by atoms with Crippen LogP contribution in [0.5, 0.6) is 0 Å². The first-order valence-electron chi connectivity index (χ1n) is 11.0. The maximum absolute atomic E-state index is 14.0. The number of nitrogens with one attached hydrogen (secondary N) is 3. The Bertz CT molecular complexity index is 1110. The van der Waals surface area contributed by atoms with Crippen molar-refractivity contribution in [2.24, 2.45) is 5.41 Å². The third-order valence-electron chi connectivity index (χ3n) is 5.93. The van der Waals surface area contributed by atoms with Gasteiger partial charge in [-0.3, -0.25) is 4.79 Å². The molecule has 2 aliphatic carbocycles. The van der Waals surface area contributed by atoms with Crippen molar-refractivity contribution in [2.45, 2.75) is 64.1 Å². The van der Waals surface area contributed by atoms with E-state index in [0.29, 0.717) is 4.60 Å². The van der Waals surface area contributed by atoms with Crippen molar-refractivity contribution >= 4 is 39.6 Å². The first kappa shape index (κ1) is 24.3. The van der Waals surface area contributed by atoms with Gasteiger partial charge in [-0.25, -0.2) is 19.2 Å². The van der Waals surface area contributed by atoms with Gasteiger partial charge in [-0.05, 0) is 92.1 Å². The van der Waals surface area contributed by atoms with E-state index in [1.165, 1.54) is 18.2 Å². The number of halogens is 3. The average molecular weight is 538 g/mol. The Morgan fingerprint density at radius 2 is 1.71 bits per heavy atom. The summed E-state index contributed by atoms with van der Waals surface area (Å²) >= 11 is 3.14. The van der Waals surface area contributed by atoms with Gasteiger partial charge >= 0.3 is 6.09 Å². The zero-order chi connectivity index (χ0) is 24.7. The second-order valence-electron chi connectivity index (χ2n) is 9.95. The Kier molecular flexibility index (Phi) is 6.50. The molecule has 1 spiro atoms. The summed E-state index contributed by atoms with van der Waals surface area (Å²) < 4.78 is 33.5. The van der Waals surface area contributed by atoms with Crippen LogP contribution in [0.15, 0.2) is 28.9 Å². The molecular weight excluding hydrogens is 512 g/mol. The number of pyridine rings is 2. The van der Waals surface area contributed by atoms with Crippen molar-refractivity contribution in [2.75, 3.05) is 10.6 Å². The molecule has 0 aliphatic heterocycles. The molecule has 2 aromatic heterocycles. The number of alkyl carbamates (subject to hydrolysis) is 1. The molecule has 0 radical (unpaired) electrons. The SMILES string of the molecule is CC(C)(C)OC(=O)NC1CC2(C1)CC(Nc1nc(F)ccc1C(=O)Nc1nc(Br)ccc1F)C2. The Morgan fingerprint density at radius 1 is 1.03 bits per heavy atom. The molecule has 0 bridgehead atoms. The van der Waals surface area contributed by atoms with E-state index < -0.39 is 29.4 Å². The molecular formula is C23H26BrF2N5O3. The van der Waals surface area contributed by atoms with Gasteiger partial charge in [0.15, 0.2) is 11.6 Å². The van der Waals surface area contributed by atoms with E-state index in [9.17, 15) is 18.4 Å². The molecule has 2 fully saturated rings. The largest absolute Gasteiger partial charge is 0.444 e. The van der Waals surface area contributed by atoms with Crippen molar-refractivity contribution in [3.8, 4) is 0 Å². The summed E-state index contributed by atoms with van der Waals surface area (Å²) in [7, 11) is 0. The zero-order valence-corrected chi connectivity index (χ0v) is 20.6. The third kappa shape index (κ3) is 5.63. The van der Waals surface area contributed by atoms with Gasteiger partial charge in [-0.1, -0.05) is 0 Å². The van der Waals surface area contributed by atoms with Gasteiger partial charge in [0.2, 0.25) is 5.95 Å². The van der Waals surface area contributed by atoms with Gasteiger partial charge in [0.1, 0.15) is 16.0 Å². The number of aromatic nitrogens is 2. The van der Waals surface area contributed by atoms with Crippen molar-refractivity contribution in [1.29, 1.82) is 0 Å². The molecule has 4 rings (SSSR count). The molecule has 182 valence electrons. The molecule has 0 saturated heterocycles. The first-order chi connectivity index (χ1) is 15.9. The van der Waals surface area contributed by atoms with Gasteiger partial charge in [0.05, 0.1) is 5.56 Å². The number of ether oxygens (including phenoxy) is 1. The normalized spacial score (nSPS) is 23.5. The Balaban J connectivity index is 1.33. The minimum atomic E-state index is -0.731. The Labute approximate surface area is 204 Å². The number of hydrogen-bond donors (Lipinski definition) is 3. The van der Waals surface area contributed by atoms with E-state index >= 15 is 0 Å². The highest BCUT2D eigenvalue weighted by atomic mass is 79.9. The topological polar surface area (TPSA) is 105 Å². The predicted octanol–water partition coefficient (Wildman–Crippen LogP) is 5.02. The Morgan fingerprint density at radius 3 is 2.38 bits per heavy atom. The summed E-state index contributed by atoms with van der Waals surface area (Å²) in [4.78, 5) is 32.4. The minimum absolute atomic E-state index is 0.00376. The molecule has 0 aromatic carbocycles. The summed E-state index contributed by atoms with van der Waals surface area (Å²) in [5.74, 6) is -2.23. The highest BCUT2D eigenvalue weighted by Gasteiger charge is 2.53. The maximum atomic E-state index is 14.0. The molecule has 2 amide bonds. The third-order valence-corrected chi connectivity index (χ3v) is 6.37. The van der Waals surface area contributed by atoms with Crippen LogP contribution in [0.1, 0.15) is 56.8 Å². The van der Waals surface area contributed by atoms with Crippen LogP contribution in [-0.2, 0) is 4.74 Å². The van der Waals surface area contributed by atoms with E-state index in [0.717, 1.165) is 31.7 Å². The molecule has 34 heavy (non-hydrogen) atoms. The minimum Gasteiger partial charge on any atom is -0.444 e. The molecule has 2 saturated carbocycles. The number of carbonyl (C=O) groups is 2. The molecule has 11 heteroatoms. The quantitative estimate of drug-likeness (QED) is 0.462. The summed E-state index contributed by atoms with van der Waals surface area (Å²) in [5, 5.41) is 8.44. The summed E-state index contributed by atoms with van der Waals surface area (Å²) in [5.41, 5.74) is -0.351. The average Bonchev–Trinajstić information content (AvgIpc) is 2.66. The molecule has 2 heterocycles. The van der Waals surface area contributed by atoms with Crippen LogP contribution < -0.4 is 16.0 Å². The van der Waals surface area contributed by atoms with Crippen LogP contribution in [0.4, 0.5) is 25.2 Å². The van der Waals surface area contributed by atoms with E-state index in [-0.39, 0.29) is 34.7 Å². The first-order valence-corrected chi connectivity index (χ1v) is 11.8. The molecule has 3 N–H and O–H groups in total. The second-order valence-corrected chi connectivity index (χ2v) is 10.8. The summed E-state index contributed by atoms with van der Waals surface area (Å²) in [6.07, 6.45) is 2.86. The standard InChI is InChI=1S/C23H26BrF2N5O3/c1-22(2,3)34-21(33)28-13-10-23(11-13)8-12(9-23)27-18-14(4-7-17(26)30-18)20(32)31-19-15(25)5-6-16(24)29-19/h4-7,12-13H,8-11H2,1-3H3,(H,27,30)(H,28,33)(H,29,31,32). The monoisotopic (exact) mass is 537 g/mol. The molecule has 2 aromatic rings. The van der Waals surface area contributed by atoms with Crippen molar-refractivity contribution < 1.29 is 23.1 Å². The van der Waals surface area contributed by atoms with E-state index in [4.69, 9.17) is 4.74 Å². The van der Waals surface area contributed by atoms with E-state index in [2.05, 4.69) is 41.8 Å². The van der Waals surface area contributed by atoms with Crippen LogP contribution in [0.2, 0.25) is 0 Å². The fraction of sp³-hybridized carbons (Fsp3) is 0.478. The highest BCUT2D eigenvalue weighted by Crippen LogP contribution is 2.56. The van der Waals surface area contributed by atoms with Crippen LogP contribution in [0.3, 0.4) is 0 Å². The lowest BCUT2D eigenvalue weighted by atomic mass is 9.52. The maximum Gasteiger partial charge on any atom is 0.407 e. The number of carbonyl (C=O) groups excluding carboxylic acids is 2. The number of anilines is 2. The lowest BCUT2D eigenvalue weighted by Gasteiger charge is -2.57. The van der Waals surface area contributed by atoms with Crippen LogP contribution >= 0.6 is 15.9 Å². The van der Waals surface area contributed by atoms with Crippen molar-refractivity contribution in [3.63, 3.8) is 0 Å². The number of hydrogen-bond acceptors (Lipinski definition) is 6. The van der Waals surface area contributed by atoms with Gasteiger partial charge in [-0.2, -0.15) is 4.39 Å². The Hall–Kier alpha value is -2.82. The fourth-order valence-electron chi connectivity index (χ4n) is 4.59. The summed E-state index contributed by atoms with van der Waals surface area (Å²) in [6, 6.07) is 5.03. The van der Waals surface area contributed by atoms with Crippen molar-refractivity contribution in [3.05, 3.63) is 46.2 Å². The van der Waals surface area contributed by atoms with Crippen LogP contribution in [0, 0.1) is 17.2 Å². The van der Waals surface area contributed by atoms with Crippen molar-refractivity contribution in [1.82, 2.24) is 15.3 Å². The van der Waals surface area contributed by atoms with E-state index in [1.54, 1.807) is 0 Å². The zero-order valence-electron chi connectivity index (χ0n) is 19.0. The second kappa shape index (κ2) is 9.09. The molecule has 0 atom stereocenters. The lowest BCUT2D eigenvalue weighted by Crippen LogP contribution is -2.59. The number of nitrogens with zero attached hydrogens (tertiary/aromatic N) is 2. The fourth-order valence-corrected chi connectivity index (χ4v) is 4.90. The molecule has 8 nitrogen and oxygen atoms in total. The van der Waals surface area contributed by atoms with Crippen LogP contribution in [-0.4, -0.2) is 39.7 Å².